The molecule has 0 saturated carbocycles. The molecule has 0 aliphatic carbocycles. The van der Waals surface area contributed by atoms with Gasteiger partial charge in [-0.05, 0) is 39.2 Å². The summed E-state index contributed by atoms with van der Waals surface area (Å²) in [5.41, 5.74) is 4.24. The number of fused-ring (bicyclic) bond motifs is 1. The van der Waals surface area contributed by atoms with E-state index in [-0.39, 0.29) is 54.1 Å². The van der Waals surface area contributed by atoms with Gasteiger partial charge in [0.05, 0.1) is 37.9 Å². The van der Waals surface area contributed by atoms with Crippen LogP contribution in [0, 0.1) is 5.41 Å². The maximum Gasteiger partial charge on any atom is 0.481 e. The first kappa shape index (κ1) is 59.7. The number of aliphatic hydroxyl groups excluding tert-OH is 4. The van der Waals surface area contributed by atoms with Gasteiger partial charge in [-0.1, -0.05) is 50.9 Å². The van der Waals surface area contributed by atoms with Crippen molar-refractivity contribution < 1.29 is 100 Å². The summed E-state index contributed by atoms with van der Waals surface area (Å²) in [5.74, 6) is -1.21. The number of thioether (sulfide) groups is 1. The zero-order valence-electron chi connectivity index (χ0n) is 38.8. The van der Waals surface area contributed by atoms with Gasteiger partial charge >= 0.3 is 23.5 Å². The van der Waals surface area contributed by atoms with E-state index < -0.39 is 109 Å². The third kappa shape index (κ3) is 19.2. The predicted octanol–water partition coefficient (Wildman–Crippen LogP) is 0.823. The minimum absolute atomic E-state index is 0.0235. The van der Waals surface area contributed by atoms with Crippen molar-refractivity contribution in [3.63, 3.8) is 0 Å². The largest absolute Gasteiger partial charge is 0.481 e. The van der Waals surface area contributed by atoms with E-state index in [1.807, 2.05) is 6.92 Å². The molecule has 398 valence electrons. The molecule has 12 N–H and O–H groups in total. The molecule has 2 aromatic rings. The number of allylic oxidation sites excluding steroid dienone is 1. The first-order chi connectivity index (χ1) is 32.7. The second-order valence-corrected chi connectivity index (χ2v) is 22.5. The van der Waals surface area contributed by atoms with E-state index >= 15 is 0 Å². The summed E-state index contributed by atoms with van der Waals surface area (Å²) in [6.07, 6.45) is -1.12. The Kier molecular flexibility index (Phi) is 22.9. The van der Waals surface area contributed by atoms with Gasteiger partial charge in [0.1, 0.15) is 42.4 Å². The van der Waals surface area contributed by atoms with Gasteiger partial charge in [0, 0.05) is 37.1 Å². The molecule has 32 heteroatoms. The van der Waals surface area contributed by atoms with Crippen molar-refractivity contribution in [1.29, 1.82) is 0 Å². The monoisotopic (exact) mass is 1080 g/mol. The van der Waals surface area contributed by atoms with E-state index in [1.54, 1.807) is 13.0 Å². The molecule has 0 radical (unpaired) electrons. The Morgan fingerprint density at radius 1 is 0.986 bits per heavy atom. The quantitative estimate of drug-likeness (QED) is 0.0305. The number of phosphoric ester groups is 3. The highest BCUT2D eigenvalue weighted by Gasteiger charge is 2.50. The molecule has 28 nitrogen and oxygen atoms in total. The summed E-state index contributed by atoms with van der Waals surface area (Å²) in [6.45, 7) is 4.04. The van der Waals surface area contributed by atoms with Crippen molar-refractivity contribution >= 4 is 69.1 Å². The van der Waals surface area contributed by atoms with E-state index in [9.17, 15) is 68.1 Å². The summed E-state index contributed by atoms with van der Waals surface area (Å²) in [5, 5.41) is 46.2. The van der Waals surface area contributed by atoms with E-state index in [0.29, 0.717) is 5.75 Å². The fraction of sp³-hybridized carbons (Fsp3) is 0.737. The van der Waals surface area contributed by atoms with Crippen molar-refractivity contribution in [2.24, 2.45) is 5.41 Å². The fourth-order valence-electron chi connectivity index (χ4n) is 6.92. The third-order valence-corrected chi connectivity index (χ3v) is 14.7. The van der Waals surface area contributed by atoms with Crippen molar-refractivity contribution in [2.75, 3.05) is 37.8 Å². The van der Waals surface area contributed by atoms with Crippen LogP contribution < -0.4 is 16.4 Å². The molecule has 4 rings (SSSR count). The number of nitrogens with one attached hydrogen (secondary N) is 2. The van der Waals surface area contributed by atoms with Crippen LogP contribution in [0.4, 0.5) is 5.82 Å². The molecular formula is C38H64N7O21P3S. The molecule has 2 aromatic heterocycles. The van der Waals surface area contributed by atoms with Crippen LogP contribution in [0.5, 0.6) is 0 Å². The van der Waals surface area contributed by atoms with Crippen LogP contribution >= 0.6 is 35.2 Å². The minimum atomic E-state index is -5.59. The number of hydrogen-bond donors (Lipinski definition) is 11. The SMILES string of the molecule is C[C@H](CCCCCC/C=C/C(=O)SCCNC(=O)CCNC(=O)[C@H](O)C(C)(C)COP(=O)(O)OP(=O)(O)OC[C@H]1O[C@@H](n2cnc3c(N)ncnc32)[C@H](O)[C@@H]1OP(=O)(O)O)O[C@@H]1O[C@@H](C)[C@H](O)C[C@H]1O. The Balaban J connectivity index is 1.08. The molecule has 2 aliphatic rings. The number of ether oxygens (including phenoxy) is 3. The summed E-state index contributed by atoms with van der Waals surface area (Å²) in [4.78, 5) is 88.3. The van der Waals surface area contributed by atoms with E-state index in [4.69, 9.17) is 29.0 Å². The van der Waals surface area contributed by atoms with Crippen LogP contribution in [0.15, 0.2) is 24.8 Å². The number of hydrogen-bond acceptors (Lipinski definition) is 22. The Morgan fingerprint density at radius 2 is 1.69 bits per heavy atom. The topological polar surface area (TPSA) is 423 Å². The lowest BCUT2D eigenvalue weighted by molar-refractivity contribution is -0.273. The first-order valence-corrected chi connectivity index (χ1v) is 27.6. The number of phosphoric acid groups is 3. The average molecular weight is 1080 g/mol. The van der Waals surface area contributed by atoms with Gasteiger partial charge in [0.2, 0.25) is 16.9 Å². The van der Waals surface area contributed by atoms with Crippen LogP contribution in [0.1, 0.15) is 85.3 Å². The van der Waals surface area contributed by atoms with Crippen molar-refractivity contribution in [3.05, 3.63) is 24.8 Å². The van der Waals surface area contributed by atoms with Gasteiger partial charge in [0.15, 0.2) is 24.0 Å². The van der Waals surface area contributed by atoms with Gasteiger partial charge in [-0.15, -0.1) is 0 Å². The Bertz CT molecular complexity index is 2220. The van der Waals surface area contributed by atoms with E-state index in [1.165, 1.54) is 19.9 Å². The standard InChI is InChI=1S/C38H64N7O21P3S/c1-22(62-37-25(47)17-24(46)23(2)63-37)11-9-7-5-6-8-10-12-28(49)70-16-15-40-27(48)13-14-41-35(52)32(51)38(3,4)19-61-69(58,59)66-68(56,57)60-18-26-31(65-67(53,54)55)30(50)36(64-26)45-21-44-29-33(39)42-20-43-34(29)45/h10,12,20-26,30-32,36-37,46-47,50-51H,5-9,11,13-19H2,1-4H3,(H,40,48)(H,41,52)(H,56,57)(H,58,59)(H2,39,42,43)(H2,53,54,55)/b12-10+/t22-,23+,24-,25-,26-,30-,31-,32+,36-,37-/m1/s1. The highest BCUT2D eigenvalue weighted by Crippen LogP contribution is 2.61. The lowest BCUT2D eigenvalue weighted by Gasteiger charge is -2.36. The molecular weight excluding hydrogens is 1020 g/mol. The summed E-state index contributed by atoms with van der Waals surface area (Å²) in [6, 6.07) is 0. The zero-order valence-corrected chi connectivity index (χ0v) is 42.3. The summed E-state index contributed by atoms with van der Waals surface area (Å²) in [7, 11) is -16.5. The fourth-order valence-corrected chi connectivity index (χ4v) is 10.3. The van der Waals surface area contributed by atoms with Crippen LogP contribution in [0.2, 0.25) is 0 Å². The highest BCUT2D eigenvalue weighted by atomic mass is 32.2. The van der Waals surface area contributed by atoms with Crippen LogP contribution in [0.3, 0.4) is 0 Å². The molecule has 0 aromatic carbocycles. The Morgan fingerprint density at radius 3 is 2.40 bits per heavy atom. The number of carbonyl (C=O) groups is 3. The minimum Gasteiger partial charge on any atom is -0.390 e. The predicted molar refractivity (Wildman–Crippen MR) is 245 cm³/mol. The number of anilines is 1. The second kappa shape index (κ2) is 26.9. The molecule has 0 bridgehead atoms. The zero-order chi connectivity index (χ0) is 52.0. The number of imidazole rings is 1. The molecule has 70 heavy (non-hydrogen) atoms. The number of nitrogens with two attached hydrogens (primary N) is 1. The smallest absolute Gasteiger partial charge is 0.390 e. The molecule has 2 fully saturated rings. The van der Waals surface area contributed by atoms with Crippen LogP contribution in [-0.2, 0) is 60.2 Å². The summed E-state index contributed by atoms with van der Waals surface area (Å²) < 4.78 is 73.8. The number of carbonyl (C=O) groups excluding carboxylic acids is 3. The molecule has 2 amide bonds. The number of amides is 2. The Labute approximate surface area is 406 Å². The van der Waals surface area contributed by atoms with Crippen molar-refractivity contribution in [2.45, 2.75) is 140 Å². The maximum absolute atomic E-state index is 12.7. The number of aromatic nitrogens is 4. The number of rotatable bonds is 29. The van der Waals surface area contributed by atoms with Crippen LogP contribution in [0.25, 0.3) is 11.2 Å². The number of aliphatic hydroxyl groups is 4. The molecule has 2 unspecified atom stereocenters. The van der Waals surface area contributed by atoms with Crippen molar-refractivity contribution in [3.8, 4) is 0 Å². The molecule has 2 saturated heterocycles. The average Bonchev–Trinajstić information content (AvgIpc) is 3.83. The first-order valence-electron chi connectivity index (χ1n) is 22.1. The van der Waals surface area contributed by atoms with Gasteiger partial charge in [0.25, 0.3) is 0 Å². The van der Waals surface area contributed by atoms with Gasteiger partial charge in [-0.25, -0.2) is 28.6 Å². The van der Waals surface area contributed by atoms with E-state index in [2.05, 4.69) is 34.4 Å². The van der Waals surface area contributed by atoms with Gasteiger partial charge < -0.3 is 70.6 Å². The normalized spacial score (nSPS) is 25.9. The number of nitrogen functional groups attached to an aromatic ring is 1. The number of nitrogens with zero attached hydrogens (tertiary/aromatic N) is 4. The third-order valence-electron chi connectivity index (χ3n) is 10.8. The lowest BCUT2D eigenvalue weighted by Crippen LogP contribution is -2.48. The van der Waals surface area contributed by atoms with Crippen molar-refractivity contribution in [1.82, 2.24) is 30.2 Å². The summed E-state index contributed by atoms with van der Waals surface area (Å²) >= 11 is 1.02. The van der Waals surface area contributed by atoms with Gasteiger partial charge in [-0.3, -0.25) is 32.5 Å². The molecule has 12 atom stereocenters. The lowest BCUT2D eigenvalue weighted by atomic mass is 9.87. The molecule has 0 spiro atoms. The second-order valence-electron chi connectivity index (χ2n) is 17.2. The maximum atomic E-state index is 12.7. The van der Waals surface area contributed by atoms with Gasteiger partial charge in [-0.2, -0.15) is 4.31 Å². The Hall–Kier alpha value is -2.86. The molecule has 2 aliphatic heterocycles. The highest BCUT2D eigenvalue weighted by molar-refractivity contribution is 8.14. The molecule has 4 heterocycles. The van der Waals surface area contributed by atoms with E-state index in [0.717, 1.165) is 67.5 Å². The van der Waals surface area contributed by atoms with Crippen LogP contribution in [-0.4, -0.2) is 164 Å². The number of unbranched alkanes of at least 4 members (excludes halogenated alkanes) is 4.